The Bertz CT molecular complexity index is 1570. The van der Waals surface area contributed by atoms with Gasteiger partial charge in [-0.1, -0.05) is 37.0 Å². The molecule has 5 rings (SSSR count). The van der Waals surface area contributed by atoms with Gasteiger partial charge in [0.25, 0.3) is 0 Å². The number of benzene rings is 2. The number of hydrazine groups is 1. The third kappa shape index (κ3) is 5.06. The van der Waals surface area contributed by atoms with Crippen LogP contribution in [-0.2, 0) is 14.3 Å². The summed E-state index contributed by atoms with van der Waals surface area (Å²) < 4.78 is 19.0. The number of ether oxygens (including phenoxy) is 1. The number of halogens is 3. The quantitative estimate of drug-likeness (QED) is 0.268. The molecule has 10 heteroatoms. The van der Waals surface area contributed by atoms with Crippen molar-refractivity contribution in [1.82, 2.24) is 9.99 Å². The van der Waals surface area contributed by atoms with E-state index in [1.54, 1.807) is 43.3 Å². The molecular weight excluding hydrogens is 542 g/mol. The molecule has 39 heavy (non-hydrogen) atoms. The number of fused-ring (bicyclic) bond motifs is 1. The molecule has 7 nitrogen and oxygen atoms in total. The van der Waals surface area contributed by atoms with Crippen molar-refractivity contribution in [2.24, 2.45) is 11.1 Å². The Hall–Kier alpha value is -3.62. The molecule has 0 saturated carbocycles. The van der Waals surface area contributed by atoms with E-state index >= 15 is 0 Å². The third-order valence-corrected chi connectivity index (χ3v) is 7.45. The molecule has 3 aromatic rings. The average Bonchev–Trinajstić information content (AvgIpc) is 2.86. The van der Waals surface area contributed by atoms with Crippen LogP contribution in [-0.4, -0.2) is 28.4 Å². The minimum atomic E-state index is -0.919. The molecule has 2 heterocycles. The van der Waals surface area contributed by atoms with Gasteiger partial charge in [0.15, 0.2) is 5.78 Å². The van der Waals surface area contributed by atoms with E-state index in [4.69, 9.17) is 33.7 Å². The summed E-state index contributed by atoms with van der Waals surface area (Å²) in [5, 5.41) is 2.87. The maximum Gasteiger partial charge on any atom is 0.338 e. The summed E-state index contributed by atoms with van der Waals surface area (Å²) in [6.07, 6.45) is 0.729. The molecule has 2 aliphatic rings. The van der Waals surface area contributed by atoms with Crippen LogP contribution in [0.1, 0.15) is 45.1 Å². The number of esters is 1. The minimum absolute atomic E-state index is 0.0503. The zero-order valence-electron chi connectivity index (χ0n) is 21.6. The number of rotatable bonds is 5. The highest BCUT2D eigenvalue weighted by molar-refractivity contribution is 6.32. The van der Waals surface area contributed by atoms with Crippen LogP contribution in [0.15, 0.2) is 71.2 Å². The average molecular weight is 569 g/mol. The van der Waals surface area contributed by atoms with E-state index in [-0.39, 0.29) is 40.8 Å². The number of hydrogen-bond donors (Lipinski definition) is 2. The number of ketones is 1. The minimum Gasteiger partial charge on any atom is -0.463 e. The van der Waals surface area contributed by atoms with Crippen LogP contribution in [0.2, 0.25) is 10.2 Å². The highest BCUT2D eigenvalue weighted by Gasteiger charge is 2.47. The lowest BCUT2D eigenvalue weighted by molar-refractivity contribution is -0.139. The van der Waals surface area contributed by atoms with Crippen LogP contribution in [0.5, 0.6) is 0 Å². The number of nitrogens with one attached hydrogen (secondary N) is 1. The first-order chi connectivity index (χ1) is 18.5. The maximum atomic E-state index is 13.9. The van der Waals surface area contributed by atoms with Gasteiger partial charge in [-0.2, -0.15) is 0 Å². The SMILES string of the molecule is CCOC(=O)C1=C(N)N(Nc2ccc(F)cc2)C2=C(C(=O)CC(C)(C)C2)C1c1cc2cc(Cl)ccc2nc1Cl. The van der Waals surface area contributed by atoms with Crippen molar-refractivity contribution < 1.29 is 18.7 Å². The number of carbonyl (C=O) groups excluding carboxylic acids is 2. The zero-order valence-corrected chi connectivity index (χ0v) is 23.2. The third-order valence-electron chi connectivity index (χ3n) is 6.91. The second-order valence-corrected chi connectivity index (χ2v) is 11.2. The lowest BCUT2D eigenvalue weighted by atomic mass is 9.69. The molecule has 0 spiro atoms. The molecular formula is C29H27Cl2FN4O3. The Morgan fingerprint density at radius 2 is 1.90 bits per heavy atom. The molecule has 1 unspecified atom stereocenters. The summed E-state index contributed by atoms with van der Waals surface area (Å²) in [7, 11) is 0. The summed E-state index contributed by atoms with van der Waals surface area (Å²) in [4.78, 5) is 31.9. The van der Waals surface area contributed by atoms with E-state index < -0.39 is 17.7 Å². The Labute approximate surface area is 235 Å². The van der Waals surface area contributed by atoms with E-state index in [2.05, 4.69) is 10.4 Å². The first kappa shape index (κ1) is 27.0. The van der Waals surface area contributed by atoms with Crippen molar-refractivity contribution in [1.29, 1.82) is 0 Å². The molecule has 1 atom stereocenters. The summed E-state index contributed by atoms with van der Waals surface area (Å²) in [5.74, 6) is -2.10. The van der Waals surface area contributed by atoms with Crippen LogP contribution in [0.25, 0.3) is 10.9 Å². The Morgan fingerprint density at radius 1 is 1.18 bits per heavy atom. The van der Waals surface area contributed by atoms with Gasteiger partial charge in [-0.05, 0) is 67.3 Å². The topological polar surface area (TPSA) is 97.5 Å². The smallest absolute Gasteiger partial charge is 0.338 e. The van der Waals surface area contributed by atoms with Gasteiger partial charge < -0.3 is 10.5 Å². The number of aromatic nitrogens is 1. The van der Waals surface area contributed by atoms with Gasteiger partial charge in [-0.15, -0.1) is 0 Å². The molecule has 2 aromatic carbocycles. The molecule has 0 amide bonds. The molecule has 0 saturated heterocycles. The maximum absolute atomic E-state index is 13.9. The van der Waals surface area contributed by atoms with E-state index in [0.29, 0.717) is 44.9 Å². The number of nitrogens with zero attached hydrogens (tertiary/aromatic N) is 2. The molecule has 0 radical (unpaired) electrons. The monoisotopic (exact) mass is 568 g/mol. The Morgan fingerprint density at radius 3 is 2.59 bits per heavy atom. The molecule has 3 N–H and O–H groups in total. The van der Waals surface area contributed by atoms with Crippen molar-refractivity contribution in [2.75, 3.05) is 12.0 Å². The molecule has 1 aliphatic carbocycles. The summed E-state index contributed by atoms with van der Waals surface area (Å²) in [6.45, 7) is 5.77. The zero-order chi connectivity index (χ0) is 28.1. The van der Waals surface area contributed by atoms with Gasteiger partial charge in [-0.3, -0.25) is 10.2 Å². The van der Waals surface area contributed by atoms with Crippen molar-refractivity contribution in [3.8, 4) is 0 Å². The number of anilines is 1. The second-order valence-electron chi connectivity index (χ2n) is 10.4. The number of carbonyl (C=O) groups is 2. The first-order valence-electron chi connectivity index (χ1n) is 12.5. The largest absolute Gasteiger partial charge is 0.463 e. The van der Waals surface area contributed by atoms with E-state index in [1.807, 2.05) is 13.8 Å². The van der Waals surface area contributed by atoms with Crippen molar-refractivity contribution >= 4 is 51.5 Å². The van der Waals surface area contributed by atoms with Crippen LogP contribution in [0.4, 0.5) is 10.1 Å². The van der Waals surface area contributed by atoms with Crippen molar-refractivity contribution in [3.63, 3.8) is 0 Å². The Balaban J connectivity index is 1.77. The van der Waals surface area contributed by atoms with Crippen LogP contribution < -0.4 is 11.2 Å². The summed E-state index contributed by atoms with van der Waals surface area (Å²) in [5.41, 5.74) is 12.1. The van der Waals surface area contributed by atoms with Gasteiger partial charge >= 0.3 is 5.97 Å². The number of Topliss-reactive ketones (excluding diaryl/α,β-unsaturated/α-hetero) is 1. The van der Waals surface area contributed by atoms with Gasteiger partial charge in [-0.25, -0.2) is 19.2 Å². The first-order valence-corrected chi connectivity index (χ1v) is 13.3. The number of hydrogen-bond acceptors (Lipinski definition) is 7. The van der Waals surface area contributed by atoms with Crippen LogP contribution in [0, 0.1) is 11.2 Å². The normalized spacial score (nSPS) is 18.9. The fourth-order valence-corrected chi connectivity index (χ4v) is 5.69. The molecule has 202 valence electrons. The lowest BCUT2D eigenvalue weighted by Crippen LogP contribution is -2.45. The highest BCUT2D eigenvalue weighted by Crippen LogP contribution is 2.50. The number of pyridine rings is 1. The number of allylic oxidation sites excluding steroid dienone is 2. The summed E-state index contributed by atoms with van der Waals surface area (Å²) in [6, 6.07) is 12.7. The van der Waals surface area contributed by atoms with Crippen molar-refractivity contribution in [3.05, 3.63) is 92.8 Å². The predicted molar refractivity (Wildman–Crippen MR) is 149 cm³/mol. The highest BCUT2D eigenvalue weighted by atomic mass is 35.5. The second kappa shape index (κ2) is 10.2. The van der Waals surface area contributed by atoms with Gasteiger partial charge in [0.2, 0.25) is 0 Å². The van der Waals surface area contributed by atoms with Crippen LogP contribution >= 0.6 is 23.2 Å². The molecule has 0 fully saturated rings. The Kier molecular flexibility index (Phi) is 7.03. The van der Waals surface area contributed by atoms with Gasteiger partial charge in [0.05, 0.1) is 35.0 Å². The number of nitrogens with two attached hydrogens (primary N) is 1. The standard InChI is InChI=1S/C29H27Cl2FN4O3/c1-4-39-28(38)25-23(19-12-15-11-16(30)5-10-20(15)34-26(19)31)24-21(13-29(2,3)14-22(24)37)36(27(25)33)35-18-8-6-17(32)7-9-18/h5-12,23,35H,4,13-14,33H2,1-3H3. The fraction of sp³-hybridized carbons (Fsp3) is 0.276. The predicted octanol–water partition coefficient (Wildman–Crippen LogP) is 6.48. The molecule has 1 aliphatic heterocycles. The molecule has 1 aromatic heterocycles. The van der Waals surface area contributed by atoms with Gasteiger partial charge in [0.1, 0.15) is 16.8 Å². The van der Waals surface area contributed by atoms with Crippen molar-refractivity contribution in [2.45, 2.75) is 39.5 Å². The fourth-order valence-electron chi connectivity index (χ4n) is 5.25. The van der Waals surface area contributed by atoms with Crippen LogP contribution in [0.3, 0.4) is 0 Å². The van der Waals surface area contributed by atoms with E-state index in [1.165, 1.54) is 17.1 Å². The van der Waals surface area contributed by atoms with Gasteiger partial charge in [0, 0.05) is 28.0 Å². The summed E-state index contributed by atoms with van der Waals surface area (Å²) >= 11 is 13.0. The lowest BCUT2D eigenvalue weighted by Gasteiger charge is -2.44. The molecule has 0 bridgehead atoms. The van der Waals surface area contributed by atoms with E-state index in [9.17, 15) is 14.0 Å². The van der Waals surface area contributed by atoms with E-state index in [0.717, 1.165) is 0 Å².